The molecule has 1 saturated heterocycles. The first-order valence-corrected chi connectivity index (χ1v) is 11.5. The van der Waals surface area contributed by atoms with Crippen LogP contribution in [0.25, 0.3) is 22.3 Å². The van der Waals surface area contributed by atoms with Crippen LogP contribution in [-0.4, -0.2) is 19.8 Å². The lowest BCUT2D eigenvalue weighted by Gasteiger charge is -2.28. The number of ether oxygens (including phenoxy) is 3. The minimum atomic E-state index is -1.08. The molecular formula is C28H26F4O3. The van der Waals surface area contributed by atoms with Crippen molar-refractivity contribution in [1.82, 2.24) is 0 Å². The molecule has 184 valence electrons. The summed E-state index contributed by atoms with van der Waals surface area (Å²) in [6.07, 6.45) is 3.46. The molecule has 0 aromatic heterocycles. The highest BCUT2D eigenvalue weighted by atomic mass is 19.2. The monoisotopic (exact) mass is 486 g/mol. The summed E-state index contributed by atoms with van der Waals surface area (Å²) in [5.74, 6) is -4.19. The van der Waals surface area contributed by atoms with Crippen molar-refractivity contribution in [2.45, 2.75) is 26.6 Å². The lowest BCUT2D eigenvalue weighted by atomic mass is 9.98. The molecule has 0 amide bonds. The predicted octanol–water partition coefficient (Wildman–Crippen LogP) is 7.60. The minimum Gasteiger partial charge on any atom is -0.486 e. The number of benzene rings is 3. The van der Waals surface area contributed by atoms with E-state index in [1.54, 1.807) is 6.08 Å². The summed E-state index contributed by atoms with van der Waals surface area (Å²) in [5, 5.41) is 0. The lowest BCUT2D eigenvalue weighted by molar-refractivity contribution is -0.203. The number of allylic oxidation sites excluding steroid dienone is 1. The molecule has 1 fully saturated rings. The van der Waals surface area contributed by atoms with Gasteiger partial charge in [-0.2, -0.15) is 4.39 Å². The van der Waals surface area contributed by atoms with Crippen molar-refractivity contribution in [2.24, 2.45) is 5.92 Å². The van der Waals surface area contributed by atoms with Crippen molar-refractivity contribution in [3.63, 3.8) is 0 Å². The Morgan fingerprint density at radius 1 is 0.771 bits per heavy atom. The third-order valence-corrected chi connectivity index (χ3v) is 5.72. The second kappa shape index (κ2) is 11.1. The topological polar surface area (TPSA) is 27.7 Å². The molecule has 1 heterocycles. The molecule has 4 rings (SSSR count). The summed E-state index contributed by atoms with van der Waals surface area (Å²) in [6.45, 7) is 4.83. The van der Waals surface area contributed by atoms with Gasteiger partial charge in [-0.1, -0.05) is 62.4 Å². The Hall–Kier alpha value is -3.16. The van der Waals surface area contributed by atoms with E-state index in [2.05, 4.69) is 0 Å². The van der Waals surface area contributed by atoms with E-state index in [1.165, 1.54) is 48.5 Å². The fraction of sp³-hybridized carbons (Fsp3) is 0.286. The molecule has 1 aliphatic rings. The Labute approximate surface area is 202 Å². The van der Waals surface area contributed by atoms with Gasteiger partial charge in [0.2, 0.25) is 5.82 Å². The van der Waals surface area contributed by atoms with Gasteiger partial charge in [0.25, 0.3) is 0 Å². The molecule has 7 heteroatoms. The first kappa shape index (κ1) is 24.9. The number of rotatable bonds is 7. The average Bonchev–Trinajstić information content (AvgIpc) is 2.87. The molecule has 3 nitrogen and oxygen atoms in total. The molecule has 0 bridgehead atoms. The second-order valence-electron chi connectivity index (χ2n) is 8.44. The summed E-state index contributed by atoms with van der Waals surface area (Å²) in [4.78, 5) is 0. The van der Waals surface area contributed by atoms with Crippen LogP contribution in [-0.2, 0) is 9.47 Å². The highest BCUT2D eigenvalue weighted by Crippen LogP contribution is 2.35. The van der Waals surface area contributed by atoms with Gasteiger partial charge in [0, 0.05) is 22.6 Å². The van der Waals surface area contributed by atoms with E-state index in [0.29, 0.717) is 24.3 Å². The van der Waals surface area contributed by atoms with Crippen molar-refractivity contribution < 1.29 is 31.8 Å². The zero-order valence-corrected chi connectivity index (χ0v) is 19.5. The van der Waals surface area contributed by atoms with Crippen LogP contribution in [0.2, 0.25) is 0 Å². The van der Waals surface area contributed by atoms with Crippen molar-refractivity contribution >= 4 is 0 Å². The van der Waals surface area contributed by atoms with Gasteiger partial charge in [0.15, 0.2) is 29.5 Å². The smallest absolute Gasteiger partial charge is 0.201 e. The fourth-order valence-corrected chi connectivity index (χ4v) is 3.82. The molecule has 3 aromatic rings. The van der Waals surface area contributed by atoms with Crippen molar-refractivity contribution in [2.75, 3.05) is 19.8 Å². The summed E-state index contributed by atoms with van der Waals surface area (Å²) in [6, 6.07) is 11.8. The van der Waals surface area contributed by atoms with Crippen LogP contribution in [0.1, 0.15) is 32.1 Å². The van der Waals surface area contributed by atoms with Gasteiger partial charge in [0.05, 0.1) is 13.2 Å². The SMILES string of the molecule is CC/C=C/COc1ccc(-c2ccc(-c3ccc(C4OCC(C)CO4)c(F)c3F)cc2)c(F)c1F. The lowest BCUT2D eigenvalue weighted by Crippen LogP contribution is -2.25. The zero-order chi connectivity index (χ0) is 24.9. The molecule has 0 spiro atoms. The van der Waals surface area contributed by atoms with Crippen LogP contribution in [0.3, 0.4) is 0 Å². The average molecular weight is 487 g/mol. The molecule has 1 aliphatic heterocycles. The summed E-state index contributed by atoms with van der Waals surface area (Å²) in [7, 11) is 0. The Morgan fingerprint density at radius 2 is 1.34 bits per heavy atom. The van der Waals surface area contributed by atoms with Crippen molar-refractivity contribution in [1.29, 1.82) is 0 Å². The Morgan fingerprint density at radius 3 is 1.94 bits per heavy atom. The molecule has 3 aromatic carbocycles. The van der Waals surface area contributed by atoms with Crippen LogP contribution in [0, 0.1) is 29.2 Å². The van der Waals surface area contributed by atoms with Gasteiger partial charge in [-0.05, 0) is 29.7 Å². The van der Waals surface area contributed by atoms with E-state index in [9.17, 15) is 17.6 Å². The molecular weight excluding hydrogens is 460 g/mol. The van der Waals surface area contributed by atoms with Crippen molar-refractivity contribution in [3.8, 4) is 28.0 Å². The number of hydrogen-bond donors (Lipinski definition) is 0. The maximum Gasteiger partial charge on any atom is 0.201 e. The van der Waals surface area contributed by atoms with E-state index in [-0.39, 0.29) is 35.0 Å². The van der Waals surface area contributed by atoms with Gasteiger partial charge in [-0.15, -0.1) is 0 Å². The minimum absolute atomic E-state index is 0.000176. The second-order valence-corrected chi connectivity index (χ2v) is 8.44. The quantitative estimate of drug-likeness (QED) is 0.254. The van der Waals surface area contributed by atoms with Crippen LogP contribution in [0.5, 0.6) is 5.75 Å². The molecule has 0 atom stereocenters. The van der Waals surface area contributed by atoms with Gasteiger partial charge in [0.1, 0.15) is 6.61 Å². The van der Waals surface area contributed by atoms with E-state index in [4.69, 9.17) is 14.2 Å². The molecule has 35 heavy (non-hydrogen) atoms. The van der Waals surface area contributed by atoms with Gasteiger partial charge >= 0.3 is 0 Å². The third-order valence-electron chi connectivity index (χ3n) is 5.72. The fourth-order valence-electron chi connectivity index (χ4n) is 3.82. The maximum absolute atomic E-state index is 14.9. The first-order chi connectivity index (χ1) is 16.9. The summed E-state index contributed by atoms with van der Waals surface area (Å²) in [5.41, 5.74) is 0.850. The summed E-state index contributed by atoms with van der Waals surface area (Å²) < 4.78 is 75.1. The normalized spacial score (nSPS) is 18.2. The van der Waals surface area contributed by atoms with Crippen molar-refractivity contribution in [3.05, 3.63) is 89.5 Å². The molecule has 0 aliphatic carbocycles. The molecule has 0 unspecified atom stereocenters. The van der Waals surface area contributed by atoms with E-state index in [1.807, 2.05) is 19.9 Å². The first-order valence-electron chi connectivity index (χ1n) is 11.5. The van der Waals surface area contributed by atoms with Crippen LogP contribution >= 0.6 is 0 Å². The maximum atomic E-state index is 14.9. The zero-order valence-electron chi connectivity index (χ0n) is 19.5. The largest absolute Gasteiger partial charge is 0.486 e. The van der Waals surface area contributed by atoms with Gasteiger partial charge in [-0.3, -0.25) is 0 Å². The molecule has 0 saturated carbocycles. The van der Waals surface area contributed by atoms with Gasteiger partial charge < -0.3 is 14.2 Å². The van der Waals surface area contributed by atoms with E-state index >= 15 is 0 Å². The predicted molar refractivity (Wildman–Crippen MR) is 126 cm³/mol. The third kappa shape index (κ3) is 5.41. The van der Waals surface area contributed by atoms with Crippen LogP contribution in [0.4, 0.5) is 17.6 Å². The van der Waals surface area contributed by atoms with Gasteiger partial charge in [-0.25, -0.2) is 13.2 Å². The summed E-state index contributed by atoms with van der Waals surface area (Å²) >= 11 is 0. The highest BCUT2D eigenvalue weighted by Gasteiger charge is 2.26. The van der Waals surface area contributed by atoms with Crippen LogP contribution < -0.4 is 4.74 Å². The molecule has 0 radical (unpaired) electrons. The standard InChI is InChI=1S/C28H26F4O3/c1-3-4-5-14-33-23-13-12-21(25(30)27(23)32)19-8-6-18(7-9-19)20-10-11-22(26(31)24(20)29)28-34-15-17(2)16-35-28/h4-13,17,28H,3,14-16H2,1-2H3/b5-4+. The Balaban J connectivity index is 1.55. The van der Waals surface area contributed by atoms with E-state index < -0.39 is 29.6 Å². The number of hydrogen-bond acceptors (Lipinski definition) is 3. The number of halogens is 4. The Bertz CT molecular complexity index is 1200. The highest BCUT2D eigenvalue weighted by molar-refractivity contribution is 5.71. The Kier molecular flexibility index (Phi) is 7.88. The van der Waals surface area contributed by atoms with Crippen LogP contribution in [0.15, 0.2) is 60.7 Å². The van der Waals surface area contributed by atoms with E-state index in [0.717, 1.165) is 6.42 Å². The molecule has 0 N–H and O–H groups in total.